The third kappa shape index (κ3) is 6.60. The summed E-state index contributed by atoms with van der Waals surface area (Å²) in [6.07, 6.45) is 0. The van der Waals surface area contributed by atoms with Crippen molar-refractivity contribution in [1.82, 2.24) is 0 Å². The van der Waals surface area contributed by atoms with Gasteiger partial charge in [-0.1, -0.05) is 95.6 Å². The molecule has 0 aliphatic rings. The van der Waals surface area contributed by atoms with Crippen LogP contribution in [0.5, 0.6) is 17.2 Å². The first-order valence-corrected chi connectivity index (χ1v) is 14.7. The van der Waals surface area contributed by atoms with Gasteiger partial charge in [0, 0.05) is 0 Å². The van der Waals surface area contributed by atoms with Crippen molar-refractivity contribution in [2.24, 2.45) is 0 Å². The molecule has 0 saturated heterocycles. The smallest absolute Gasteiger partial charge is 0.298 e. The van der Waals surface area contributed by atoms with Gasteiger partial charge in [0.15, 0.2) is 5.75 Å². The number of benzene rings is 4. The van der Waals surface area contributed by atoms with E-state index in [2.05, 4.69) is 104 Å². The monoisotopic (exact) mass is 510 g/mol. The molecule has 168 valence electrons. The van der Waals surface area contributed by atoms with E-state index in [-0.39, 0.29) is 0 Å². The standard InChI is InChI=1S/C27H26O3Si4/c1-18-4-10-21(11-5-18)32-28-24-16-17-25(31)27(30-34-23-14-8-20(3)9-15-23)26(24)29-33-22-12-6-19(2)7-13-22/h4-17,32-34H,1-3H3. The van der Waals surface area contributed by atoms with E-state index in [4.69, 9.17) is 13.3 Å². The van der Waals surface area contributed by atoms with E-state index in [1.54, 1.807) is 0 Å². The summed E-state index contributed by atoms with van der Waals surface area (Å²) in [7, 11) is 2.49. The van der Waals surface area contributed by atoms with E-state index < -0.39 is 29.3 Å². The molecule has 0 aliphatic carbocycles. The van der Waals surface area contributed by atoms with Crippen LogP contribution < -0.4 is 34.0 Å². The van der Waals surface area contributed by atoms with Gasteiger partial charge in [0.2, 0.25) is 0 Å². The van der Waals surface area contributed by atoms with Crippen LogP contribution in [0.1, 0.15) is 16.7 Å². The zero-order valence-electron chi connectivity index (χ0n) is 19.5. The zero-order valence-corrected chi connectivity index (χ0v) is 24.0. The predicted molar refractivity (Wildman–Crippen MR) is 148 cm³/mol. The molecule has 0 saturated carbocycles. The maximum absolute atomic E-state index is 6.42. The minimum absolute atomic E-state index is 0.395. The summed E-state index contributed by atoms with van der Waals surface area (Å²) < 4.78 is 19.1. The van der Waals surface area contributed by atoms with Crippen molar-refractivity contribution in [2.75, 3.05) is 0 Å². The lowest BCUT2D eigenvalue weighted by Gasteiger charge is -2.19. The van der Waals surface area contributed by atoms with E-state index in [0.29, 0.717) is 11.5 Å². The molecule has 0 unspecified atom stereocenters. The van der Waals surface area contributed by atoms with Crippen molar-refractivity contribution in [3.63, 3.8) is 0 Å². The van der Waals surface area contributed by atoms with E-state index in [0.717, 1.165) is 10.9 Å². The number of hydrogen-bond donors (Lipinski definition) is 0. The van der Waals surface area contributed by atoms with Gasteiger partial charge in [-0.25, -0.2) is 0 Å². The van der Waals surface area contributed by atoms with Gasteiger partial charge < -0.3 is 13.3 Å². The SMILES string of the molecule is Cc1ccc([SiH]Oc2ccc([Si])c(O[SiH]c3ccc(C)cc3)c2O[SiH]c2ccc(C)cc2)cc1. The van der Waals surface area contributed by atoms with Crippen LogP contribution in [0, 0.1) is 20.8 Å². The fraction of sp³-hybridized carbons (Fsp3) is 0.111. The van der Waals surface area contributed by atoms with Gasteiger partial charge in [0.1, 0.15) is 11.5 Å². The van der Waals surface area contributed by atoms with Crippen molar-refractivity contribution in [3.8, 4) is 17.2 Å². The van der Waals surface area contributed by atoms with Crippen LogP contribution in [-0.4, -0.2) is 39.5 Å². The first-order chi connectivity index (χ1) is 16.5. The molecule has 0 spiro atoms. The zero-order chi connectivity index (χ0) is 23.9. The Morgan fingerprint density at radius 1 is 0.471 bits per heavy atom. The topological polar surface area (TPSA) is 27.7 Å². The van der Waals surface area contributed by atoms with Gasteiger partial charge >= 0.3 is 0 Å². The summed E-state index contributed by atoms with van der Waals surface area (Å²) in [6, 6.07) is 29.4. The third-order valence-corrected chi connectivity index (χ3v) is 8.70. The Hall–Kier alpha value is -2.85. The summed E-state index contributed by atoms with van der Waals surface area (Å²) in [5.41, 5.74) is 3.72. The fourth-order valence-electron chi connectivity index (χ4n) is 3.19. The Morgan fingerprint density at radius 3 is 1.29 bits per heavy atom. The highest BCUT2D eigenvalue weighted by atomic mass is 28.2. The number of hydrogen-bond acceptors (Lipinski definition) is 3. The molecule has 0 bridgehead atoms. The molecule has 0 fully saturated rings. The van der Waals surface area contributed by atoms with E-state index in [1.807, 2.05) is 12.1 Å². The van der Waals surface area contributed by atoms with Crippen molar-refractivity contribution in [2.45, 2.75) is 20.8 Å². The maximum Gasteiger partial charge on any atom is 0.298 e. The highest BCUT2D eigenvalue weighted by Crippen LogP contribution is 2.35. The Bertz CT molecular complexity index is 1220. The third-order valence-electron chi connectivity index (χ3n) is 5.26. The highest BCUT2D eigenvalue weighted by Gasteiger charge is 2.17. The molecule has 34 heavy (non-hydrogen) atoms. The molecule has 0 N–H and O–H groups in total. The summed E-state index contributed by atoms with van der Waals surface area (Å²) >= 11 is 0. The Balaban J connectivity index is 1.58. The molecule has 7 heteroatoms. The summed E-state index contributed by atoms with van der Waals surface area (Å²) in [5, 5.41) is 4.41. The number of aryl methyl sites for hydroxylation is 3. The van der Waals surface area contributed by atoms with Gasteiger partial charge in [0.05, 0.1) is 10.2 Å². The minimum Gasteiger partial charge on any atom is -0.538 e. The molecular formula is C27H26O3Si4. The molecular weight excluding hydrogens is 485 g/mol. The van der Waals surface area contributed by atoms with Crippen LogP contribution >= 0.6 is 0 Å². The van der Waals surface area contributed by atoms with E-state index in [9.17, 15) is 0 Å². The maximum atomic E-state index is 6.42. The lowest BCUT2D eigenvalue weighted by atomic mass is 10.2. The molecule has 4 rings (SSSR count). The molecule has 0 aliphatic heterocycles. The van der Waals surface area contributed by atoms with Crippen LogP contribution in [0.4, 0.5) is 0 Å². The average molecular weight is 511 g/mol. The summed E-state index contributed by atoms with van der Waals surface area (Å²) in [6.45, 7) is 6.27. The second kappa shape index (κ2) is 11.5. The van der Waals surface area contributed by atoms with Crippen LogP contribution in [0.3, 0.4) is 0 Å². The molecule has 0 amide bonds. The quantitative estimate of drug-likeness (QED) is 0.320. The second-order valence-corrected chi connectivity index (χ2v) is 12.2. The highest BCUT2D eigenvalue weighted by molar-refractivity contribution is 6.50. The van der Waals surface area contributed by atoms with Gasteiger partial charge in [0.25, 0.3) is 29.3 Å². The van der Waals surface area contributed by atoms with Gasteiger partial charge in [-0.3, -0.25) is 0 Å². The van der Waals surface area contributed by atoms with Crippen molar-refractivity contribution in [1.29, 1.82) is 0 Å². The van der Waals surface area contributed by atoms with Crippen molar-refractivity contribution < 1.29 is 13.3 Å². The minimum atomic E-state index is -0.438. The van der Waals surface area contributed by atoms with Gasteiger partial charge in [-0.05, 0) is 47.6 Å². The van der Waals surface area contributed by atoms with Crippen molar-refractivity contribution in [3.05, 3.63) is 102 Å². The average Bonchev–Trinajstić information content (AvgIpc) is 2.84. The molecule has 4 aromatic carbocycles. The number of rotatable bonds is 9. The summed E-state index contributed by atoms with van der Waals surface area (Å²) in [5.74, 6) is 2.09. The van der Waals surface area contributed by atoms with E-state index in [1.165, 1.54) is 32.3 Å². The van der Waals surface area contributed by atoms with Crippen LogP contribution in [0.25, 0.3) is 0 Å². The second-order valence-electron chi connectivity index (χ2n) is 8.21. The van der Waals surface area contributed by atoms with Gasteiger partial charge in [-0.15, -0.1) is 0 Å². The van der Waals surface area contributed by atoms with Crippen LogP contribution in [-0.2, 0) is 0 Å². The van der Waals surface area contributed by atoms with E-state index >= 15 is 0 Å². The molecule has 3 nitrogen and oxygen atoms in total. The lowest BCUT2D eigenvalue weighted by molar-refractivity contribution is 0.496. The van der Waals surface area contributed by atoms with Gasteiger partial charge in [-0.2, -0.15) is 0 Å². The lowest BCUT2D eigenvalue weighted by Crippen LogP contribution is -2.26. The Morgan fingerprint density at radius 2 is 0.853 bits per heavy atom. The summed E-state index contributed by atoms with van der Waals surface area (Å²) in [4.78, 5) is 0. The molecule has 6 radical (unpaired) electrons. The molecule has 0 heterocycles. The Kier molecular flexibility index (Phi) is 8.23. The normalized spacial score (nSPS) is 10.7. The van der Waals surface area contributed by atoms with Crippen LogP contribution in [0.15, 0.2) is 84.9 Å². The molecule has 0 atom stereocenters. The largest absolute Gasteiger partial charge is 0.538 e. The fourth-order valence-corrected chi connectivity index (χ4v) is 6.02. The first kappa shape index (κ1) is 24.3. The molecule has 0 aromatic heterocycles. The van der Waals surface area contributed by atoms with Crippen molar-refractivity contribution >= 4 is 60.3 Å². The first-order valence-electron chi connectivity index (χ1n) is 11.1. The van der Waals surface area contributed by atoms with Crippen LogP contribution in [0.2, 0.25) is 0 Å². The molecule has 4 aromatic rings. The predicted octanol–water partition coefficient (Wildman–Crippen LogP) is 1.57. The Labute approximate surface area is 212 Å².